The second-order valence-electron chi connectivity index (χ2n) is 9.34. The summed E-state index contributed by atoms with van der Waals surface area (Å²) in [6, 6.07) is 12.4. The maximum absolute atomic E-state index is 12.5. The molecule has 2 fully saturated rings. The minimum Gasteiger partial charge on any atom is -0.356 e. The molecule has 9 heteroatoms. The third-order valence-electron chi connectivity index (χ3n) is 6.66. The molecule has 5 rings (SSSR count). The van der Waals surface area contributed by atoms with E-state index >= 15 is 0 Å². The number of nitrogens with zero attached hydrogens (tertiary/aromatic N) is 4. The largest absolute Gasteiger partial charge is 0.356 e. The average molecular weight is 471 g/mol. The fraction of sp³-hybridized carbons (Fsp3) is 0.500. The summed E-state index contributed by atoms with van der Waals surface area (Å²) in [6.07, 6.45) is 5.52. The van der Waals surface area contributed by atoms with Crippen molar-refractivity contribution in [3.63, 3.8) is 0 Å². The monoisotopic (exact) mass is 470 g/mol. The zero-order valence-electron chi connectivity index (χ0n) is 19.4. The Morgan fingerprint density at radius 2 is 1.94 bits per heavy atom. The first-order chi connectivity index (χ1) is 15.9. The van der Waals surface area contributed by atoms with Gasteiger partial charge in [0, 0.05) is 56.5 Å². The van der Waals surface area contributed by atoms with Gasteiger partial charge in [-0.15, -0.1) is 0 Å². The minimum absolute atomic E-state index is 0.0152. The summed E-state index contributed by atoms with van der Waals surface area (Å²) in [4.78, 5) is 6.91. The van der Waals surface area contributed by atoms with Gasteiger partial charge in [0.1, 0.15) is 11.5 Å². The van der Waals surface area contributed by atoms with Crippen LogP contribution in [0, 0.1) is 5.41 Å². The minimum atomic E-state index is -3.03. The van der Waals surface area contributed by atoms with Crippen molar-refractivity contribution in [2.24, 2.45) is 5.41 Å². The van der Waals surface area contributed by atoms with Crippen LogP contribution >= 0.6 is 7.60 Å². The first-order valence-corrected chi connectivity index (χ1v) is 13.2. The van der Waals surface area contributed by atoms with Gasteiger partial charge in [-0.25, -0.2) is 9.67 Å². The number of fused-ring (bicyclic) bond motifs is 1. The molecule has 0 aliphatic carbocycles. The van der Waals surface area contributed by atoms with Crippen molar-refractivity contribution >= 4 is 24.3 Å². The third kappa shape index (κ3) is 4.33. The zero-order chi connectivity index (χ0) is 23.1. The van der Waals surface area contributed by atoms with E-state index in [0.717, 1.165) is 66.9 Å². The van der Waals surface area contributed by atoms with E-state index in [4.69, 9.17) is 23.9 Å². The van der Waals surface area contributed by atoms with E-state index in [1.165, 1.54) is 14.2 Å². The molecule has 33 heavy (non-hydrogen) atoms. The molecule has 3 aromatic rings. The van der Waals surface area contributed by atoms with Gasteiger partial charge in [-0.3, -0.25) is 4.57 Å². The molecule has 1 atom stereocenters. The number of aromatic nitrogens is 3. The number of ether oxygens (including phenoxy) is 1. The van der Waals surface area contributed by atoms with Gasteiger partial charge < -0.3 is 18.7 Å². The number of hydrogen-bond acceptors (Lipinski definition) is 7. The van der Waals surface area contributed by atoms with Gasteiger partial charge in [-0.2, -0.15) is 5.10 Å². The number of benzene rings is 1. The number of pyridine rings is 1. The van der Waals surface area contributed by atoms with Gasteiger partial charge in [0.15, 0.2) is 6.23 Å². The molecule has 2 saturated heterocycles. The SMILES string of the molecule is COP(=O)(CC1(C)CN(c2ccc(-c3nn(C4CCCCO4)c4ccccc34)cn2)C1)OC. The normalized spacial score (nSPS) is 20.7. The molecule has 0 saturated carbocycles. The summed E-state index contributed by atoms with van der Waals surface area (Å²) in [6.45, 7) is 4.40. The van der Waals surface area contributed by atoms with Crippen LogP contribution in [0.4, 0.5) is 5.82 Å². The van der Waals surface area contributed by atoms with Gasteiger partial charge in [-0.05, 0) is 37.5 Å². The Morgan fingerprint density at radius 1 is 1.15 bits per heavy atom. The molecule has 1 aromatic carbocycles. The van der Waals surface area contributed by atoms with Crippen molar-refractivity contribution < 1.29 is 18.3 Å². The quantitative estimate of drug-likeness (QED) is 0.444. The van der Waals surface area contributed by atoms with Crippen LogP contribution in [0.3, 0.4) is 0 Å². The summed E-state index contributed by atoms with van der Waals surface area (Å²) in [7, 11) is -0.154. The lowest BCUT2D eigenvalue weighted by atomic mass is 9.84. The molecule has 2 aliphatic rings. The van der Waals surface area contributed by atoms with Crippen LogP contribution in [-0.2, 0) is 18.3 Å². The van der Waals surface area contributed by atoms with E-state index in [-0.39, 0.29) is 11.6 Å². The Morgan fingerprint density at radius 3 is 2.61 bits per heavy atom. The fourth-order valence-corrected chi connectivity index (χ4v) is 6.50. The Kier molecular flexibility index (Phi) is 6.04. The molecule has 1 unspecified atom stereocenters. The van der Waals surface area contributed by atoms with Crippen LogP contribution in [0.25, 0.3) is 22.2 Å². The van der Waals surface area contributed by atoms with Crippen molar-refractivity contribution in [1.82, 2.24) is 14.8 Å². The molecule has 0 spiro atoms. The number of para-hydroxylation sites is 1. The molecule has 0 bridgehead atoms. The lowest BCUT2D eigenvalue weighted by molar-refractivity contribution is -0.0365. The van der Waals surface area contributed by atoms with E-state index < -0.39 is 7.60 Å². The first kappa shape index (κ1) is 22.5. The van der Waals surface area contributed by atoms with Gasteiger partial charge >= 0.3 is 7.60 Å². The zero-order valence-corrected chi connectivity index (χ0v) is 20.3. The molecule has 0 amide bonds. The molecule has 0 N–H and O–H groups in total. The van der Waals surface area contributed by atoms with Crippen molar-refractivity contribution in [3.05, 3.63) is 42.6 Å². The van der Waals surface area contributed by atoms with Crippen molar-refractivity contribution in [2.75, 3.05) is 45.0 Å². The number of rotatable bonds is 7. The van der Waals surface area contributed by atoms with Crippen LogP contribution in [0.5, 0.6) is 0 Å². The highest BCUT2D eigenvalue weighted by Crippen LogP contribution is 2.53. The van der Waals surface area contributed by atoms with E-state index in [0.29, 0.717) is 6.16 Å². The van der Waals surface area contributed by atoms with Crippen LogP contribution < -0.4 is 4.90 Å². The number of anilines is 1. The smallest absolute Gasteiger partial charge is 0.330 e. The summed E-state index contributed by atoms with van der Waals surface area (Å²) in [5.74, 6) is 0.903. The molecule has 8 nitrogen and oxygen atoms in total. The van der Waals surface area contributed by atoms with Crippen molar-refractivity contribution in [3.8, 4) is 11.3 Å². The highest BCUT2D eigenvalue weighted by molar-refractivity contribution is 7.53. The van der Waals surface area contributed by atoms with E-state index in [9.17, 15) is 4.57 Å². The lowest BCUT2D eigenvalue weighted by Crippen LogP contribution is -2.57. The summed E-state index contributed by atoms with van der Waals surface area (Å²) < 4.78 is 30.8. The third-order valence-corrected chi connectivity index (χ3v) is 8.93. The van der Waals surface area contributed by atoms with Gasteiger partial charge in [0.25, 0.3) is 0 Å². The molecule has 4 heterocycles. The Labute approximate surface area is 194 Å². The summed E-state index contributed by atoms with van der Waals surface area (Å²) in [5.41, 5.74) is 2.86. The van der Waals surface area contributed by atoms with Crippen LogP contribution in [-0.4, -0.2) is 54.8 Å². The van der Waals surface area contributed by atoms with Crippen LogP contribution in [0.2, 0.25) is 0 Å². The molecule has 176 valence electrons. The maximum Gasteiger partial charge on any atom is 0.330 e. The van der Waals surface area contributed by atoms with E-state index in [1.807, 2.05) is 29.1 Å². The second kappa shape index (κ2) is 8.84. The Balaban J connectivity index is 1.35. The van der Waals surface area contributed by atoms with Crippen molar-refractivity contribution in [2.45, 2.75) is 32.4 Å². The molecule has 2 aliphatic heterocycles. The van der Waals surface area contributed by atoms with E-state index in [1.54, 1.807) is 0 Å². The van der Waals surface area contributed by atoms with Gasteiger partial charge in [0.2, 0.25) is 0 Å². The Bertz CT molecular complexity index is 1160. The molecule has 2 aromatic heterocycles. The topological polar surface area (TPSA) is 78.7 Å². The van der Waals surface area contributed by atoms with Gasteiger partial charge in [0.05, 0.1) is 11.7 Å². The maximum atomic E-state index is 12.5. The molecule has 0 radical (unpaired) electrons. The van der Waals surface area contributed by atoms with Crippen LogP contribution in [0.1, 0.15) is 32.4 Å². The second-order valence-corrected chi connectivity index (χ2v) is 11.6. The first-order valence-electron chi connectivity index (χ1n) is 11.4. The molecular formula is C24H31N4O4P. The van der Waals surface area contributed by atoms with E-state index in [2.05, 4.69) is 30.0 Å². The van der Waals surface area contributed by atoms with Crippen molar-refractivity contribution in [1.29, 1.82) is 0 Å². The predicted molar refractivity (Wildman–Crippen MR) is 129 cm³/mol. The summed E-state index contributed by atoms with van der Waals surface area (Å²) >= 11 is 0. The Hall–Kier alpha value is -2.25. The number of hydrogen-bond donors (Lipinski definition) is 0. The standard InChI is InChI=1S/C24H31N4O4P/c1-24(17-33(29,30-2)31-3)15-27(16-24)21-12-11-18(14-25-21)23-19-8-4-5-9-20(19)28(26-23)22-10-6-7-13-32-22/h4-5,8-9,11-12,14,22H,6-7,10,13,15-17H2,1-3H3. The lowest BCUT2D eigenvalue weighted by Gasteiger charge is -2.49. The average Bonchev–Trinajstić information content (AvgIpc) is 3.23. The molecular weight excluding hydrogens is 439 g/mol. The highest BCUT2D eigenvalue weighted by Gasteiger charge is 2.45. The predicted octanol–water partition coefficient (Wildman–Crippen LogP) is 5.11. The van der Waals surface area contributed by atoms with Crippen LogP contribution in [0.15, 0.2) is 42.6 Å². The summed E-state index contributed by atoms with van der Waals surface area (Å²) in [5, 5.41) is 6.06. The fourth-order valence-electron chi connectivity index (χ4n) is 4.96. The highest BCUT2D eigenvalue weighted by atomic mass is 31.2. The van der Waals surface area contributed by atoms with Gasteiger partial charge in [-0.1, -0.05) is 25.1 Å².